The van der Waals surface area contributed by atoms with Gasteiger partial charge < -0.3 is 10.2 Å². The molecule has 0 heterocycles. The molecule has 29 heavy (non-hydrogen) atoms. The Kier molecular flexibility index (Phi) is 6.11. The van der Waals surface area contributed by atoms with Crippen LogP contribution >= 0.6 is 0 Å². The smallest absolute Gasteiger partial charge is 0.228 e. The summed E-state index contributed by atoms with van der Waals surface area (Å²) in [7, 11) is 0. The van der Waals surface area contributed by atoms with Crippen LogP contribution in [-0.2, 0) is 21.5 Å². The highest BCUT2D eigenvalue weighted by atomic mass is 16.2. The van der Waals surface area contributed by atoms with Gasteiger partial charge >= 0.3 is 0 Å². The molecule has 0 radical (unpaired) electrons. The van der Waals surface area contributed by atoms with Crippen LogP contribution in [-0.4, -0.2) is 22.8 Å². The van der Waals surface area contributed by atoms with E-state index in [1.54, 1.807) is 0 Å². The lowest BCUT2D eigenvalue weighted by Gasteiger charge is -2.27. The number of hydrogen-bond donors (Lipinski definition) is 1. The number of nitrogens with one attached hydrogen (secondary N) is 1. The van der Waals surface area contributed by atoms with Crippen LogP contribution in [0.15, 0.2) is 54.6 Å². The topological polar surface area (TPSA) is 49.4 Å². The molecule has 2 amide bonds. The van der Waals surface area contributed by atoms with E-state index in [1.807, 2.05) is 73.3 Å². The molecule has 1 N–H and O–H groups in total. The molecular formula is C25H32N2O2. The van der Waals surface area contributed by atoms with E-state index in [1.165, 1.54) is 5.56 Å². The number of nitrogens with zero attached hydrogens (tertiary/aromatic N) is 1. The minimum Gasteiger partial charge on any atom is -0.336 e. The van der Waals surface area contributed by atoms with Gasteiger partial charge in [-0.25, -0.2) is 0 Å². The summed E-state index contributed by atoms with van der Waals surface area (Å²) in [5, 5.41) is 2.98. The van der Waals surface area contributed by atoms with Crippen molar-refractivity contribution in [2.75, 3.05) is 5.32 Å². The highest BCUT2D eigenvalue weighted by Crippen LogP contribution is 2.41. The van der Waals surface area contributed by atoms with E-state index in [0.29, 0.717) is 13.0 Å². The summed E-state index contributed by atoms with van der Waals surface area (Å²) < 4.78 is 0. The van der Waals surface area contributed by atoms with Crippen molar-refractivity contribution in [3.8, 4) is 0 Å². The second-order valence-electron chi connectivity index (χ2n) is 9.31. The number of hydrogen-bond acceptors (Lipinski definition) is 2. The largest absolute Gasteiger partial charge is 0.336 e. The lowest BCUT2D eigenvalue weighted by atomic mass is 9.87. The lowest BCUT2D eigenvalue weighted by Crippen LogP contribution is -2.38. The van der Waals surface area contributed by atoms with Gasteiger partial charge in [0.25, 0.3) is 0 Å². The molecule has 1 aliphatic rings. The van der Waals surface area contributed by atoms with E-state index < -0.39 is 0 Å². The molecule has 1 fully saturated rings. The molecule has 1 aliphatic carbocycles. The first kappa shape index (κ1) is 21.1. The zero-order chi connectivity index (χ0) is 21.2. The van der Waals surface area contributed by atoms with E-state index in [4.69, 9.17) is 0 Å². The quantitative estimate of drug-likeness (QED) is 0.752. The summed E-state index contributed by atoms with van der Waals surface area (Å²) in [5.41, 5.74) is 3.19. The third-order valence-electron chi connectivity index (χ3n) is 5.57. The summed E-state index contributed by atoms with van der Waals surface area (Å²) in [6, 6.07) is 18.1. The van der Waals surface area contributed by atoms with Gasteiger partial charge in [0.2, 0.25) is 11.8 Å². The van der Waals surface area contributed by atoms with E-state index in [2.05, 4.69) is 26.1 Å². The van der Waals surface area contributed by atoms with Crippen molar-refractivity contribution in [2.24, 2.45) is 11.8 Å². The molecule has 0 spiro atoms. The predicted molar refractivity (Wildman–Crippen MR) is 117 cm³/mol. The molecule has 1 saturated carbocycles. The summed E-state index contributed by atoms with van der Waals surface area (Å²) in [4.78, 5) is 27.5. The Morgan fingerprint density at radius 2 is 1.62 bits per heavy atom. The Labute approximate surface area is 174 Å². The van der Waals surface area contributed by atoms with Crippen molar-refractivity contribution in [2.45, 2.75) is 59.0 Å². The van der Waals surface area contributed by atoms with Crippen LogP contribution in [0.2, 0.25) is 0 Å². The Hall–Kier alpha value is -2.62. The third kappa shape index (κ3) is 5.26. The first-order chi connectivity index (χ1) is 13.7. The summed E-state index contributed by atoms with van der Waals surface area (Å²) >= 11 is 0. The molecule has 0 aliphatic heterocycles. The maximum Gasteiger partial charge on any atom is 0.228 e. The standard InChI is InChI=1S/C25H32N2O2/c1-17(2)27(16-18-9-7-6-8-10-18)24(29)22-15-21(22)23(28)26-20-13-11-19(12-14-20)25(3,4)5/h6-14,17,21-22H,15-16H2,1-5H3,(H,26,28). The molecule has 2 atom stereocenters. The molecule has 2 aromatic carbocycles. The van der Waals surface area contributed by atoms with Crippen LogP contribution in [0.1, 0.15) is 52.2 Å². The zero-order valence-corrected chi connectivity index (χ0v) is 18.1. The van der Waals surface area contributed by atoms with Gasteiger partial charge in [0.05, 0.1) is 11.8 Å². The highest BCUT2D eigenvalue weighted by molar-refractivity contribution is 5.99. The average Bonchev–Trinajstić information content (AvgIpc) is 3.47. The van der Waals surface area contributed by atoms with Gasteiger partial charge in [0.15, 0.2) is 0 Å². The van der Waals surface area contributed by atoms with Gasteiger partial charge in [0, 0.05) is 18.3 Å². The van der Waals surface area contributed by atoms with Crippen LogP contribution < -0.4 is 5.32 Å². The number of rotatable bonds is 6. The van der Waals surface area contributed by atoms with Gasteiger partial charge in [-0.05, 0) is 48.9 Å². The molecule has 2 aromatic rings. The molecule has 4 nitrogen and oxygen atoms in total. The van der Waals surface area contributed by atoms with Crippen molar-refractivity contribution >= 4 is 17.5 Å². The van der Waals surface area contributed by atoms with Crippen LogP contribution in [0.25, 0.3) is 0 Å². The molecule has 2 unspecified atom stereocenters. The normalized spacial score (nSPS) is 18.4. The van der Waals surface area contributed by atoms with E-state index in [-0.39, 0.29) is 35.1 Å². The second kappa shape index (κ2) is 8.40. The van der Waals surface area contributed by atoms with E-state index >= 15 is 0 Å². The number of benzene rings is 2. The molecule has 4 heteroatoms. The van der Waals surface area contributed by atoms with E-state index in [0.717, 1.165) is 11.3 Å². The molecule has 0 saturated heterocycles. The summed E-state index contributed by atoms with van der Waals surface area (Å²) in [6.07, 6.45) is 0.628. The Bertz CT molecular complexity index is 851. The maximum atomic E-state index is 13.0. The first-order valence-corrected chi connectivity index (χ1v) is 10.4. The first-order valence-electron chi connectivity index (χ1n) is 10.4. The molecular weight excluding hydrogens is 360 g/mol. The van der Waals surface area contributed by atoms with Crippen LogP contribution in [0.3, 0.4) is 0 Å². The number of amides is 2. The number of carbonyl (C=O) groups excluding carboxylic acids is 2. The average molecular weight is 393 g/mol. The maximum absolute atomic E-state index is 13.0. The molecule has 0 aromatic heterocycles. The van der Waals surface area contributed by atoms with Gasteiger partial charge in [-0.3, -0.25) is 9.59 Å². The van der Waals surface area contributed by atoms with Gasteiger partial charge in [-0.15, -0.1) is 0 Å². The second-order valence-corrected chi connectivity index (χ2v) is 9.31. The molecule has 3 rings (SSSR count). The lowest BCUT2D eigenvalue weighted by molar-refractivity contribution is -0.136. The van der Waals surface area contributed by atoms with Crippen molar-refractivity contribution < 1.29 is 9.59 Å². The van der Waals surface area contributed by atoms with Crippen molar-refractivity contribution in [1.82, 2.24) is 4.90 Å². The Morgan fingerprint density at radius 3 is 2.17 bits per heavy atom. The monoisotopic (exact) mass is 392 g/mol. The number of anilines is 1. The van der Waals surface area contributed by atoms with Crippen molar-refractivity contribution in [1.29, 1.82) is 0 Å². The minimum atomic E-state index is -0.234. The third-order valence-corrected chi connectivity index (χ3v) is 5.57. The molecule has 154 valence electrons. The summed E-state index contributed by atoms with van der Waals surface area (Å²) in [5.74, 6) is -0.431. The number of carbonyl (C=O) groups is 2. The fourth-order valence-corrected chi connectivity index (χ4v) is 3.55. The highest BCUT2D eigenvalue weighted by Gasteiger charge is 2.49. The van der Waals surface area contributed by atoms with Crippen LogP contribution in [0.5, 0.6) is 0 Å². The zero-order valence-electron chi connectivity index (χ0n) is 18.1. The van der Waals surface area contributed by atoms with E-state index in [9.17, 15) is 9.59 Å². The molecule has 0 bridgehead atoms. The Morgan fingerprint density at radius 1 is 1.00 bits per heavy atom. The fourth-order valence-electron chi connectivity index (χ4n) is 3.55. The van der Waals surface area contributed by atoms with Crippen molar-refractivity contribution in [3.63, 3.8) is 0 Å². The summed E-state index contributed by atoms with van der Waals surface area (Å²) in [6.45, 7) is 11.1. The minimum absolute atomic E-state index is 0.0599. The van der Waals surface area contributed by atoms with Crippen LogP contribution in [0, 0.1) is 11.8 Å². The van der Waals surface area contributed by atoms with Gasteiger partial charge in [-0.2, -0.15) is 0 Å². The SMILES string of the molecule is CC(C)N(Cc1ccccc1)C(=O)C1CC1C(=O)Nc1ccc(C(C)(C)C)cc1. The fraction of sp³-hybridized carbons (Fsp3) is 0.440. The van der Waals surface area contributed by atoms with Gasteiger partial charge in [0.1, 0.15) is 0 Å². The van der Waals surface area contributed by atoms with Crippen molar-refractivity contribution in [3.05, 3.63) is 65.7 Å². The van der Waals surface area contributed by atoms with Crippen LogP contribution in [0.4, 0.5) is 5.69 Å². The predicted octanol–water partition coefficient (Wildman–Crippen LogP) is 5.00. The van der Waals surface area contributed by atoms with Gasteiger partial charge in [-0.1, -0.05) is 63.2 Å². The Balaban J connectivity index is 1.59.